The fourth-order valence-electron chi connectivity index (χ4n) is 1.59. The number of benzene rings is 2. The van der Waals surface area contributed by atoms with Crippen LogP contribution in [0.3, 0.4) is 0 Å². The molecule has 2 rings (SSSR count). The van der Waals surface area contributed by atoms with E-state index in [-0.39, 0.29) is 21.1 Å². The largest absolute Gasteiger partial charge is 0.477 e. The zero-order chi connectivity index (χ0) is 22.1. The van der Waals surface area contributed by atoms with Crippen molar-refractivity contribution in [2.45, 2.75) is 0 Å². The quantitative estimate of drug-likeness (QED) is 0.301. The van der Waals surface area contributed by atoms with Crippen molar-refractivity contribution in [3.63, 3.8) is 0 Å². The average Bonchev–Trinajstić information content (AvgIpc) is 2.61. The molecule has 0 heterocycles. The molecule has 2 aromatic rings. The molecule has 0 aliphatic heterocycles. The first kappa shape index (κ1) is 26.4. The van der Waals surface area contributed by atoms with Gasteiger partial charge >= 0.3 is 11.9 Å². The number of aromatic carboxylic acids is 2. The first-order valence-corrected chi connectivity index (χ1v) is 6.25. The van der Waals surface area contributed by atoms with Gasteiger partial charge in [-0.1, -0.05) is 0 Å². The molecule has 0 aromatic heterocycles. The van der Waals surface area contributed by atoms with Crippen molar-refractivity contribution in [3.8, 4) is 0 Å². The molecule has 2 aromatic carbocycles. The first-order chi connectivity index (χ1) is 12.7. The van der Waals surface area contributed by atoms with E-state index in [0.717, 1.165) is 0 Å². The molecule has 2 N–H and O–H groups in total. The number of halogens is 10. The summed E-state index contributed by atoms with van der Waals surface area (Å²) in [7, 11) is 0. The Kier molecular flexibility index (Phi) is 8.84. The molecule has 0 aliphatic rings. The Morgan fingerprint density at radius 3 is 0.690 bits per heavy atom. The third-order valence-electron chi connectivity index (χ3n) is 2.85. The van der Waals surface area contributed by atoms with Crippen LogP contribution < -0.4 is 0 Å². The summed E-state index contributed by atoms with van der Waals surface area (Å²) in [4.78, 5) is 20.2. The van der Waals surface area contributed by atoms with Gasteiger partial charge in [-0.3, -0.25) is 0 Å². The van der Waals surface area contributed by atoms with Crippen molar-refractivity contribution in [2.75, 3.05) is 0 Å². The maximum atomic E-state index is 12.6. The normalized spacial score (nSPS) is 10.0. The van der Waals surface area contributed by atoms with Gasteiger partial charge in [0.25, 0.3) is 0 Å². The summed E-state index contributed by atoms with van der Waals surface area (Å²) in [5.41, 5.74) is -3.72. The van der Waals surface area contributed by atoms with Gasteiger partial charge < -0.3 is 10.2 Å². The predicted octanol–water partition coefficient (Wildman–Crippen LogP) is 4.16. The van der Waals surface area contributed by atoms with E-state index < -0.39 is 81.2 Å². The van der Waals surface area contributed by atoms with E-state index in [0.29, 0.717) is 0 Å². The van der Waals surface area contributed by atoms with Crippen molar-refractivity contribution in [3.05, 3.63) is 69.3 Å². The van der Waals surface area contributed by atoms with E-state index >= 15 is 0 Å². The van der Waals surface area contributed by atoms with Crippen molar-refractivity contribution < 1.29 is 84.8 Å². The van der Waals surface area contributed by atoms with Gasteiger partial charge in [0.1, 0.15) is 11.1 Å². The van der Waals surface area contributed by atoms with Crippen LogP contribution in [0.25, 0.3) is 0 Å². The third kappa shape index (κ3) is 4.86. The van der Waals surface area contributed by atoms with Gasteiger partial charge in [-0.25, -0.2) is 53.5 Å². The minimum absolute atomic E-state index is 0. The average molecular weight is 619 g/mol. The number of carboxylic acid groups (broad SMARTS) is 2. The Morgan fingerprint density at radius 1 is 0.414 bits per heavy atom. The Hall–Kier alpha value is -2.63. The Morgan fingerprint density at radius 2 is 0.552 bits per heavy atom. The van der Waals surface area contributed by atoms with Crippen LogP contribution in [-0.4, -0.2) is 22.2 Å². The van der Waals surface area contributed by atoms with Gasteiger partial charge in [0, 0.05) is 21.1 Å². The Labute approximate surface area is 166 Å². The minimum atomic E-state index is -2.38. The molecule has 0 saturated heterocycles. The van der Waals surface area contributed by atoms with Crippen molar-refractivity contribution >= 4 is 11.9 Å². The molecule has 0 aliphatic carbocycles. The molecule has 0 amide bonds. The van der Waals surface area contributed by atoms with Crippen LogP contribution in [-0.2, 0) is 21.1 Å². The summed E-state index contributed by atoms with van der Waals surface area (Å²) in [6, 6.07) is 0. The standard InChI is InChI=1S/2C7HF5O2.Pt/c2*8-2-1(7(13)14)3(9)5(11)6(12)4(2)10;/h2*(H,13,14);. The maximum absolute atomic E-state index is 12.6. The van der Waals surface area contributed by atoms with E-state index in [1.54, 1.807) is 0 Å². The molecular weight excluding hydrogens is 617 g/mol. The van der Waals surface area contributed by atoms with Gasteiger partial charge in [0.05, 0.1) is 0 Å². The summed E-state index contributed by atoms with van der Waals surface area (Å²) in [6.45, 7) is 0. The van der Waals surface area contributed by atoms with E-state index in [1.807, 2.05) is 0 Å². The molecule has 4 nitrogen and oxygen atoms in total. The summed E-state index contributed by atoms with van der Waals surface area (Å²) >= 11 is 0. The Bertz CT molecular complexity index is 858. The second-order valence-electron chi connectivity index (χ2n) is 4.50. The predicted molar refractivity (Wildman–Crippen MR) is 66.4 cm³/mol. The van der Waals surface area contributed by atoms with Gasteiger partial charge in [-0.15, -0.1) is 0 Å². The summed E-state index contributed by atoms with van der Waals surface area (Å²) < 4.78 is 124. The zero-order valence-electron chi connectivity index (χ0n) is 12.8. The topological polar surface area (TPSA) is 74.6 Å². The first-order valence-electron chi connectivity index (χ1n) is 6.25. The molecule has 162 valence electrons. The van der Waals surface area contributed by atoms with Crippen LogP contribution in [0.15, 0.2) is 0 Å². The molecule has 15 heteroatoms. The SMILES string of the molecule is O=C(O)c1c(F)c(F)c(F)c(F)c1F.O=C(O)c1c(F)c(F)c(F)c(F)c1F.[Pt]. The van der Waals surface area contributed by atoms with Gasteiger partial charge in [0.15, 0.2) is 46.5 Å². The van der Waals surface area contributed by atoms with Crippen LogP contribution >= 0.6 is 0 Å². The molecule has 0 radical (unpaired) electrons. The van der Waals surface area contributed by atoms with Gasteiger partial charge in [-0.2, -0.15) is 0 Å². The summed E-state index contributed by atoms with van der Waals surface area (Å²) in [5.74, 6) is -27.7. The molecule has 0 spiro atoms. The smallest absolute Gasteiger partial charge is 0.341 e. The number of hydrogen-bond acceptors (Lipinski definition) is 2. The van der Waals surface area contributed by atoms with Crippen LogP contribution in [0.5, 0.6) is 0 Å². The zero-order valence-corrected chi connectivity index (χ0v) is 15.1. The van der Waals surface area contributed by atoms with Crippen molar-refractivity contribution in [1.29, 1.82) is 0 Å². The summed E-state index contributed by atoms with van der Waals surface area (Å²) in [5, 5.41) is 16.3. The minimum Gasteiger partial charge on any atom is -0.477 e. The van der Waals surface area contributed by atoms with Crippen molar-refractivity contribution in [2.24, 2.45) is 0 Å². The molecule has 0 fully saturated rings. The second-order valence-corrected chi connectivity index (χ2v) is 4.50. The van der Waals surface area contributed by atoms with E-state index in [4.69, 9.17) is 10.2 Å². The number of hydrogen-bond donors (Lipinski definition) is 2. The summed E-state index contributed by atoms with van der Waals surface area (Å²) in [6.07, 6.45) is 0. The van der Waals surface area contributed by atoms with Crippen LogP contribution in [0.4, 0.5) is 43.9 Å². The van der Waals surface area contributed by atoms with Crippen LogP contribution in [0.1, 0.15) is 20.7 Å². The molecule has 0 unspecified atom stereocenters. The molecule has 0 saturated carbocycles. The van der Waals surface area contributed by atoms with Gasteiger partial charge in [0.2, 0.25) is 11.6 Å². The van der Waals surface area contributed by atoms with Crippen molar-refractivity contribution in [1.82, 2.24) is 0 Å². The fraction of sp³-hybridized carbons (Fsp3) is 0. The van der Waals surface area contributed by atoms with E-state index in [2.05, 4.69) is 0 Å². The number of rotatable bonds is 2. The number of carboxylic acids is 2. The molecule has 29 heavy (non-hydrogen) atoms. The van der Waals surface area contributed by atoms with Crippen LogP contribution in [0, 0.1) is 58.2 Å². The maximum Gasteiger partial charge on any atom is 0.341 e. The molecule has 0 atom stereocenters. The van der Waals surface area contributed by atoms with E-state index in [9.17, 15) is 53.5 Å². The fourth-order valence-corrected chi connectivity index (χ4v) is 1.59. The monoisotopic (exact) mass is 619 g/mol. The molecule has 0 bridgehead atoms. The molecular formula is C14H2F10O4Pt. The Balaban J connectivity index is 0.000000523. The second kappa shape index (κ2) is 9.72. The van der Waals surface area contributed by atoms with E-state index in [1.165, 1.54) is 0 Å². The van der Waals surface area contributed by atoms with Crippen LogP contribution in [0.2, 0.25) is 0 Å². The van der Waals surface area contributed by atoms with Gasteiger partial charge in [-0.05, 0) is 0 Å². The number of carbonyl (C=O) groups is 2. The third-order valence-corrected chi connectivity index (χ3v) is 2.85.